The minimum atomic E-state index is -1.75. The van der Waals surface area contributed by atoms with Gasteiger partial charge in [-0.2, -0.15) is 0 Å². The Kier molecular flexibility index (Phi) is 10.4. The van der Waals surface area contributed by atoms with Crippen LogP contribution in [0.2, 0.25) is 0 Å². The molecule has 52 heavy (non-hydrogen) atoms. The van der Waals surface area contributed by atoms with Crippen molar-refractivity contribution >= 4 is 29.0 Å². The number of carbonyl (C=O) groups is 5. The number of aliphatic hydroxyl groups excluding tert-OH is 1. The lowest BCUT2D eigenvalue weighted by Crippen LogP contribution is -2.46. The number of allylic oxidation sites excluding steroid dienone is 2. The minimum Gasteiger partial charge on any atom is -0.507 e. The molecule has 1 amide bonds. The van der Waals surface area contributed by atoms with Crippen LogP contribution in [0, 0.1) is 18.8 Å². The number of unbranched alkanes of at least 4 members (excludes halogenated alkanes) is 2. The second-order valence-electron chi connectivity index (χ2n) is 14.7. The van der Waals surface area contributed by atoms with Gasteiger partial charge in [0.25, 0.3) is 0 Å². The summed E-state index contributed by atoms with van der Waals surface area (Å²) in [5.74, 6) is -3.83. The molecule has 0 saturated carbocycles. The Balaban J connectivity index is 1.26. The summed E-state index contributed by atoms with van der Waals surface area (Å²) in [6, 6.07) is 4.81. The third kappa shape index (κ3) is 6.76. The molecule has 0 bridgehead atoms. The average molecular weight is 716 g/mol. The van der Waals surface area contributed by atoms with Gasteiger partial charge in [0.15, 0.2) is 29.4 Å². The molecule has 4 unspecified atom stereocenters. The van der Waals surface area contributed by atoms with E-state index in [1.165, 1.54) is 24.4 Å². The first-order valence-electron chi connectivity index (χ1n) is 17.9. The molecule has 5 N–H and O–H groups in total. The van der Waals surface area contributed by atoms with Gasteiger partial charge in [0.05, 0.1) is 41.0 Å². The van der Waals surface area contributed by atoms with Gasteiger partial charge >= 0.3 is 0 Å². The number of fused-ring (bicyclic) bond motifs is 3. The predicted octanol–water partition coefficient (Wildman–Crippen LogP) is 4.34. The van der Waals surface area contributed by atoms with Crippen LogP contribution >= 0.6 is 0 Å². The van der Waals surface area contributed by atoms with E-state index >= 15 is 0 Å². The fraction of sp³-hybridized carbons (Fsp3) is 0.475. The SMILES string of the molecule is CC(=CNC(=O)CCCCCC1C(=O)C=CC1=O)[C@@]1(O)Cc2c(O)c3c(c(O)c2[C@@H](OC2CC(C)C(O)C(C)O2)C1)C(=O)c1c(C)cccc1C3=O. The molecule has 1 saturated heterocycles. The Morgan fingerprint density at radius 3 is 2.38 bits per heavy atom. The van der Waals surface area contributed by atoms with Crippen molar-refractivity contribution in [2.45, 2.75) is 109 Å². The van der Waals surface area contributed by atoms with E-state index in [-0.39, 0.29) is 82.5 Å². The van der Waals surface area contributed by atoms with Crippen molar-refractivity contribution in [1.82, 2.24) is 5.32 Å². The smallest absolute Gasteiger partial charge is 0.223 e. The molecule has 6 atom stereocenters. The van der Waals surface area contributed by atoms with Crippen LogP contribution in [0.1, 0.15) is 120 Å². The molecule has 12 nitrogen and oxygen atoms in total. The number of ether oxygens (including phenoxy) is 2. The highest BCUT2D eigenvalue weighted by Crippen LogP contribution is 2.53. The number of hydrogen-bond donors (Lipinski definition) is 5. The van der Waals surface area contributed by atoms with Crippen molar-refractivity contribution in [2.24, 2.45) is 11.8 Å². The van der Waals surface area contributed by atoms with Gasteiger partial charge in [0.2, 0.25) is 5.91 Å². The van der Waals surface area contributed by atoms with Crippen LogP contribution in [0.3, 0.4) is 0 Å². The number of nitrogens with one attached hydrogen (secondary N) is 1. The number of aromatic hydroxyl groups is 2. The monoisotopic (exact) mass is 715 g/mol. The lowest BCUT2D eigenvalue weighted by atomic mass is 9.71. The molecule has 1 fully saturated rings. The second kappa shape index (κ2) is 14.5. The quantitative estimate of drug-likeness (QED) is 0.114. The maximum absolute atomic E-state index is 13.9. The van der Waals surface area contributed by atoms with E-state index in [4.69, 9.17) is 9.47 Å². The van der Waals surface area contributed by atoms with Crippen LogP contribution in [0.25, 0.3) is 0 Å². The van der Waals surface area contributed by atoms with Gasteiger partial charge in [-0.1, -0.05) is 38.0 Å². The molecule has 4 aliphatic rings. The number of aliphatic hydroxyl groups is 2. The molecule has 2 aromatic rings. The summed E-state index contributed by atoms with van der Waals surface area (Å²) in [6.45, 7) is 6.84. The van der Waals surface area contributed by atoms with Gasteiger partial charge in [0, 0.05) is 54.1 Å². The van der Waals surface area contributed by atoms with Gasteiger partial charge in [0.1, 0.15) is 11.5 Å². The van der Waals surface area contributed by atoms with Gasteiger partial charge in [-0.3, -0.25) is 24.0 Å². The molecule has 12 heteroatoms. The van der Waals surface area contributed by atoms with Crippen LogP contribution in [0.15, 0.2) is 42.1 Å². The summed E-state index contributed by atoms with van der Waals surface area (Å²) in [5.41, 5.74) is -1.27. The zero-order chi connectivity index (χ0) is 37.6. The number of carbonyl (C=O) groups excluding carboxylic acids is 5. The lowest BCUT2D eigenvalue weighted by Gasteiger charge is -2.43. The summed E-state index contributed by atoms with van der Waals surface area (Å²) in [6.07, 6.45) is 2.87. The van der Waals surface area contributed by atoms with Crippen LogP contribution in [-0.4, -0.2) is 73.6 Å². The average Bonchev–Trinajstić information content (AvgIpc) is 3.41. The zero-order valence-electron chi connectivity index (χ0n) is 29.7. The molecule has 0 aromatic heterocycles. The first kappa shape index (κ1) is 37.3. The number of rotatable bonds is 10. The van der Waals surface area contributed by atoms with E-state index in [0.717, 1.165) is 0 Å². The Morgan fingerprint density at radius 1 is 1.00 bits per heavy atom. The largest absolute Gasteiger partial charge is 0.507 e. The van der Waals surface area contributed by atoms with Crippen molar-refractivity contribution in [3.05, 3.63) is 81.1 Å². The highest BCUT2D eigenvalue weighted by molar-refractivity contribution is 6.31. The third-order valence-electron chi connectivity index (χ3n) is 11.1. The summed E-state index contributed by atoms with van der Waals surface area (Å²) in [7, 11) is 0. The normalized spacial score (nSPS) is 27.4. The molecule has 6 rings (SSSR count). The highest BCUT2D eigenvalue weighted by atomic mass is 16.7. The second-order valence-corrected chi connectivity index (χ2v) is 14.7. The summed E-state index contributed by atoms with van der Waals surface area (Å²) in [5, 5.41) is 48.9. The molecule has 2 aromatic carbocycles. The maximum atomic E-state index is 13.9. The summed E-state index contributed by atoms with van der Waals surface area (Å²) in [4.78, 5) is 64.0. The minimum absolute atomic E-state index is 0.0256. The van der Waals surface area contributed by atoms with E-state index in [2.05, 4.69) is 5.32 Å². The lowest BCUT2D eigenvalue weighted by molar-refractivity contribution is -0.254. The number of hydrogen-bond acceptors (Lipinski definition) is 11. The third-order valence-corrected chi connectivity index (χ3v) is 11.1. The number of amides is 1. The fourth-order valence-corrected chi connectivity index (χ4v) is 7.95. The molecule has 0 radical (unpaired) electrons. The summed E-state index contributed by atoms with van der Waals surface area (Å²) >= 11 is 0. The first-order chi connectivity index (χ1) is 24.6. The summed E-state index contributed by atoms with van der Waals surface area (Å²) < 4.78 is 12.4. The molecule has 276 valence electrons. The Morgan fingerprint density at radius 2 is 1.69 bits per heavy atom. The Labute approximate surface area is 301 Å². The van der Waals surface area contributed by atoms with Gasteiger partial charge in [-0.05, 0) is 62.8 Å². The van der Waals surface area contributed by atoms with E-state index in [9.17, 15) is 44.4 Å². The van der Waals surface area contributed by atoms with Gasteiger partial charge < -0.3 is 35.2 Å². The van der Waals surface area contributed by atoms with E-state index in [0.29, 0.717) is 36.8 Å². The van der Waals surface area contributed by atoms with E-state index in [1.54, 1.807) is 32.9 Å². The highest BCUT2D eigenvalue weighted by Gasteiger charge is 2.48. The Hall–Kier alpha value is -4.49. The molecular weight excluding hydrogens is 670 g/mol. The number of phenolic OH excluding ortho intramolecular Hbond substituents is 2. The van der Waals surface area contributed by atoms with Crippen LogP contribution in [0.5, 0.6) is 11.5 Å². The standard InChI is InChI=1S/C40H45NO11/c1-19-9-8-11-24-31(19)38(48)34-33(36(24)46)37(47)25-16-40(50,17-28(32(25)39(34)49)52-30-15-20(2)35(45)22(4)51-30)21(3)18-41-29(44)12-7-5-6-10-23-26(42)13-14-27(23)43/h8-9,11,13-14,18,20,22-23,28,30,35,45,47,49-50H,5-7,10,12,15-17H2,1-4H3,(H,41,44)/t20?,22?,28-,30?,35?,40+/m0/s1. The predicted molar refractivity (Wildman–Crippen MR) is 187 cm³/mol. The van der Waals surface area contributed by atoms with Gasteiger partial charge in [-0.15, -0.1) is 0 Å². The Bertz CT molecular complexity index is 1880. The number of ketones is 4. The van der Waals surface area contributed by atoms with Gasteiger partial charge in [-0.25, -0.2) is 0 Å². The topological polar surface area (TPSA) is 197 Å². The molecule has 3 aliphatic carbocycles. The van der Waals surface area contributed by atoms with E-state index in [1.807, 2.05) is 6.92 Å². The van der Waals surface area contributed by atoms with Crippen molar-refractivity contribution in [3.8, 4) is 11.5 Å². The van der Waals surface area contributed by atoms with Crippen molar-refractivity contribution < 1.29 is 53.9 Å². The van der Waals surface area contributed by atoms with Crippen LogP contribution in [-0.2, 0) is 30.3 Å². The maximum Gasteiger partial charge on any atom is 0.223 e. The number of aryl methyl sites for hydroxylation is 1. The fourth-order valence-electron chi connectivity index (χ4n) is 7.95. The van der Waals surface area contributed by atoms with Crippen LogP contribution < -0.4 is 5.32 Å². The molecular formula is C40H45NO11. The molecule has 1 heterocycles. The molecule has 0 spiro atoms. The zero-order valence-corrected chi connectivity index (χ0v) is 29.7. The molecule has 1 aliphatic heterocycles. The van der Waals surface area contributed by atoms with Crippen LogP contribution in [0.4, 0.5) is 0 Å². The van der Waals surface area contributed by atoms with Crippen molar-refractivity contribution in [2.75, 3.05) is 0 Å². The van der Waals surface area contributed by atoms with Crippen molar-refractivity contribution in [1.29, 1.82) is 0 Å². The van der Waals surface area contributed by atoms with E-state index < -0.39 is 59.2 Å². The number of phenols is 2. The first-order valence-corrected chi connectivity index (χ1v) is 17.9. The van der Waals surface area contributed by atoms with Crippen molar-refractivity contribution in [3.63, 3.8) is 0 Å². The number of benzene rings is 2.